The molecule has 2 heterocycles. The van der Waals surface area contributed by atoms with Crippen LogP contribution in [0.2, 0.25) is 0 Å². The summed E-state index contributed by atoms with van der Waals surface area (Å²) < 4.78 is 0.899. The van der Waals surface area contributed by atoms with Crippen LogP contribution in [-0.4, -0.2) is 29.9 Å². The number of carbonyl (C=O) groups excluding carboxylic acids is 1. The van der Waals surface area contributed by atoms with Crippen molar-refractivity contribution < 1.29 is 4.79 Å². The highest BCUT2D eigenvalue weighted by molar-refractivity contribution is 9.10. The molecule has 0 aromatic carbocycles. The third kappa shape index (κ3) is 2.72. The number of nitrogens with zero attached hydrogens (tertiary/aromatic N) is 1. The van der Waals surface area contributed by atoms with Crippen LogP contribution in [0.25, 0.3) is 0 Å². The Morgan fingerprint density at radius 2 is 2.47 bits per heavy atom. The van der Waals surface area contributed by atoms with Crippen molar-refractivity contribution in [2.75, 3.05) is 13.1 Å². The van der Waals surface area contributed by atoms with Crippen molar-refractivity contribution in [1.29, 1.82) is 0 Å². The summed E-state index contributed by atoms with van der Waals surface area (Å²) in [5, 5.41) is 1.93. The number of rotatable bonds is 2. The molecule has 2 N–H and O–H groups in total. The van der Waals surface area contributed by atoms with E-state index >= 15 is 0 Å². The second-order valence-corrected chi connectivity index (χ2v) is 6.24. The number of amides is 1. The second-order valence-electron chi connectivity index (χ2n) is 4.47. The molecule has 0 spiro atoms. The van der Waals surface area contributed by atoms with Crippen molar-refractivity contribution >= 4 is 33.2 Å². The van der Waals surface area contributed by atoms with Crippen LogP contribution in [-0.2, 0) is 0 Å². The van der Waals surface area contributed by atoms with E-state index in [1.807, 2.05) is 16.3 Å². The molecule has 94 valence electrons. The fourth-order valence-electron chi connectivity index (χ4n) is 2.26. The van der Waals surface area contributed by atoms with Gasteiger partial charge in [-0.1, -0.05) is 13.3 Å². The number of halogens is 1. The Labute approximate surface area is 114 Å². The molecule has 0 saturated carbocycles. The van der Waals surface area contributed by atoms with Gasteiger partial charge in [-0.3, -0.25) is 4.79 Å². The maximum atomic E-state index is 12.3. The van der Waals surface area contributed by atoms with Gasteiger partial charge in [-0.15, -0.1) is 11.3 Å². The number of likely N-dealkylation sites (tertiary alicyclic amines) is 1. The van der Waals surface area contributed by atoms with Crippen LogP contribution in [0.3, 0.4) is 0 Å². The fraction of sp³-hybridized carbons (Fsp3) is 0.583. The Balaban J connectivity index is 2.09. The highest BCUT2D eigenvalue weighted by atomic mass is 79.9. The van der Waals surface area contributed by atoms with Gasteiger partial charge >= 0.3 is 0 Å². The van der Waals surface area contributed by atoms with Gasteiger partial charge in [-0.2, -0.15) is 0 Å². The smallest absolute Gasteiger partial charge is 0.265 e. The number of nitrogens with two attached hydrogens (primary N) is 1. The second kappa shape index (κ2) is 5.50. The molecule has 0 aliphatic carbocycles. The van der Waals surface area contributed by atoms with E-state index in [1.54, 1.807) is 0 Å². The minimum absolute atomic E-state index is 0.136. The molecule has 1 fully saturated rings. The Kier molecular flexibility index (Phi) is 4.22. The molecular weight excluding hydrogens is 300 g/mol. The quantitative estimate of drug-likeness (QED) is 0.911. The first kappa shape index (κ1) is 13.1. The van der Waals surface area contributed by atoms with Gasteiger partial charge in [0.05, 0.1) is 0 Å². The topological polar surface area (TPSA) is 46.3 Å². The summed E-state index contributed by atoms with van der Waals surface area (Å²) in [7, 11) is 0. The van der Waals surface area contributed by atoms with Gasteiger partial charge in [0.15, 0.2) is 0 Å². The average molecular weight is 317 g/mol. The molecule has 2 rings (SSSR count). The van der Waals surface area contributed by atoms with Crippen molar-refractivity contribution in [3.8, 4) is 0 Å². The van der Waals surface area contributed by atoms with Crippen LogP contribution < -0.4 is 5.73 Å². The highest BCUT2D eigenvalue weighted by Gasteiger charge is 2.29. The zero-order chi connectivity index (χ0) is 12.4. The number of hydrogen-bond acceptors (Lipinski definition) is 3. The molecule has 3 nitrogen and oxygen atoms in total. The van der Waals surface area contributed by atoms with Crippen molar-refractivity contribution in [3.05, 3.63) is 20.8 Å². The Morgan fingerprint density at radius 1 is 1.71 bits per heavy atom. The van der Waals surface area contributed by atoms with Crippen molar-refractivity contribution in [1.82, 2.24) is 4.90 Å². The predicted molar refractivity (Wildman–Crippen MR) is 74.3 cm³/mol. The number of hydrogen-bond donors (Lipinski definition) is 1. The van der Waals surface area contributed by atoms with Gasteiger partial charge in [-0.05, 0) is 39.7 Å². The van der Waals surface area contributed by atoms with Gasteiger partial charge < -0.3 is 10.6 Å². The van der Waals surface area contributed by atoms with E-state index in [-0.39, 0.29) is 11.9 Å². The zero-order valence-electron chi connectivity index (χ0n) is 9.86. The Bertz CT molecular complexity index is 407. The molecule has 0 radical (unpaired) electrons. The summed E-state index contributed by atoms with van der Waals surface area (Å²) in [6.45, 7) is 3.71. The van der Waals surface area contributed by atoms with Crippen molar-refractivity contribution in [2.45, 2.75) is 25.8 Å². The molecule has 1 aliphatic rings. The summed E-state index contributed by atoms with van der Waals surface area (Å²) >= 11 is 4.91. The van der Waals surface area contributed by atoms with Crippen LogP contribution in [0.5, 0.6) is 0 Å². The third-order valence-corrected chi connectivity index (χ3v) is 5.24. The van der Waals surface area contributed by atoms with E-state index in [9.17, 15) is 4.79 Å². The first-order valence-electron chi connectivity index (χ1n) is 5.91. The van der Waals surface area contributed by atoms with Gasteiger partial charge in [0.2, 0.25) is 0 Å². The lowest BCUT2D eigenvalue weighted by Gasteiger charge is -2.36. The molecule has 17 heavy (non-hydrogen) atoms. The number of piperidine rings is 1. The minimum Gasteiger partial charge on any atom is -0.338 e. The lowest BCUT2D eigenvalue weighted by Crippen LogP contribution is -2.48. The van der Waals surface area contributed by atoms with Crippen LogP contribution in [0.1, 0.15) is 29.4 Å². The van der Waals surface area contributed by atoms with E-state index in [4.69, 9.17) is 5.73 Å². The summed E-state index contributed by atoms with van der Waals surface area (Å²) in [4.78, 5) is 15.1. The van der Waals surface area contributed by atoms with Crippen LogP contribution >= 0.6 is 27.3 Å². The van der Waals surface area contributed by atoms with Crippen molar-refractivity contribution in [2.24, 2.45) is 11.7 Å². The molecule has 1 aliphatic heterocycles. The highest BCUT2D eigenvalue weighted by Crippen LogP contribution is 2.27. The molecule has 5 heteroatoms. The lowest BCUT2D eigenvalue weighted by atomic mass is 9.90. The van der Waals surface area contributed by atoms with Crippen molar-refractivity contribution in [3.63, 3.8) is 0 Å². The first-order valence-corrected chi connectivity index (χ1v) is 7.58. The fourth-order valence-corrected chi connectivity index (χ4v) is 3.76. The third-order valence-electron chi connectivity index (χ3n) is 3.42. The first-order chi connectivity index (χ1) is 8.13. The van der Waals surface area contributed by atoms with Gasteiger partial charge in [-0.25, -0.2) is 0 Å². The summed E-state index contributed by atoms with van der Waals surface area (Å²) in [5.41, 5.74) is 6.06. The van der Waals surface area contributed by atoms with Crippen LogP contribution in [0.4, 0.5) is 0 Å². The molecule has 2 atom stereocenters. The summed E-state index contributed by atoms with van der Waals surface area (Å²) in [6, 6.07) is 2.17. The van der Waals surface area contributed by atoms with E-state index in [2.05, 4.69) is 22.9 Å². The van der Waals surface area contributed by atoms with Gasteiger partial charge in [0, 0.05) is 23.6 Å². The lowest BCUT2D eigenvalue weighted by molar-refractivity contribution is 0.0653. The Hall–Kier alpha value is -0.390. The van der Waals surface area contributed by atoms with Crippen LogP contribution in [0, 0.1) is 5.92 Å². The summed E-state index contributed by atoms with van der Waals surface area (Å²) in [5.74, 6) is 0.573. The zero-order valence-corrected chi connectivity index (χ0v) is 12.3. The molecule has 1 aromatic heterocycles. The average Bonchev–Trinajstić information content (AvgIpc) is 2.75. The molecule has 0 bridgehead atoms. The molecular formula is C12H17BrN2OS. The normalized spacial score (nSPS) is 25.0. The minimum atomic E-state index is 0.136. The molecule has 1 saturated heterocycles. The summed E-state index contributed by atoms with van der Waals surface area (Å²) in [6.07, 6.45) is 1.95. The monoisotopic (exact) mass is 316 g/mol. The largest absolute Gasteiger partial charge is 0.338 e. The SMILES string of the molecule is CCC1CN(C(=O)c2sccc2Br)CCC1N. The van der Waals surface area contributed by atoms with E-state index in [1.165, 1.54) is 11.3 Å². The van der Waals surface area contributed by atoms with E-state index in [0.717, 1.165) is 35.3 Å². The number of thiophene rings is 1. The Morgan fingerprint density at radius 3 is 3.06 bits per heavy atom. The van der Waals surface area contributed by atoms with Gasteiger partial charge in [0.1, 0.15) is 4.88 Å². The maximum Gasteiger partial charge on any atom is 0.265 e. The van der Waals surface area contributed by atoms with E-state index in [0.29, 0.717) is 5.92 Å². The van der Waals surface area contributed by atoms with E-state index < -0.39 is 0 Å². The predicted octanol–water partition coefficient (Wildman–Crippen LogP) is 2.71. The standard InChI is InChI=1S/C12H17BrN2OS/c1-2-8-7-15(5-3-10(8)14)12(16)11-9(13)4-6-17-11/h4,6,8,10H,2-3,5,7,14H2,1H3. The van der Waals surface area contributed by atoms with Crippen LogP contribution in [0.15, 0.2) is 15.9 Å². The molecule has 2 unspecified atom stereocenters. The molecule has 1 aromatic rings. The van der Waals surface area contributed by atoms with Gasteiger partial charge in [0.25, 0.3) is 5.91 Å². The maximum absolute atomic E-state index is 12.3. The number of carbonyl (C=O) groups is 1. The molecule has 1 amide bonds.